The molecule has 0 atom stereocenters. The molecule has 1 aromatic carbocycles. The lowest BCUT2D eigenvalue weighted by Gasteiger charge is -2.13. The van der Waals surface area contributed by atoms with Crippen LogP contribution in [0.4, 0.5) is 5.69 Å². The zero-order chi connectivity index (χ0) is 18.2. The van der Waals surface area contributed by atoms with Crippen LogP contribution in [0.1, 0.15) is 46.1 Å². The van der Waals surface area contributed by atoms with Gasteiger partial charge in [-0.3, -0.25) is 14.2 Å². The molecule has 1 aromatic heterocycles. The number of aromatic nitrogens is 2. The standard InChI is InChI=1S/C17H22N4O3S/c1-11-13(5-4-6-14(11)20-25(3,23)24)10-18-17(22)16-9-15(12-7-8-12)19-21(16)2/h4-6,9,12,20H,7-8,10H2,1-3H3,(H,18,22). The molecule has 2 N–H and O–H groups in total. The van der Waals surface area contributed by atoms with E-state index in [9.17, 15) is 13.2 Å². The van der Waals surface area contributed by atoms with Crippen LogP contribution in [0.5, 0.6) is 0 Å². The summed E-state index contributed by atoms with van der Waals surface area (Å²) in [6.45, 7) is 2.14. The highest BCUT2D eigenvalue weighted by molar-refractivity contribution is 7.92. The quantitative estimate of drug-likeness (QED) is 0.821. The number of sulfonamides is 1. The van der Waals surface area contributed by atoms with E-state index in [0.29, 0.717) is 23.8 Å². The molecule has 0 radical (unpaired) electrons. The molecule has 1 aliphatic rings. The summed E-state index contributed by atoms with van der Waals surface area (Å²) in [6, 6.07) is 7.17. The highest BCUT2D eigenvalue weighted by atomic mass is 32.2. The molecule has 0 unspecified atom stereocenters. The van der Waals surface area contributed by atoms with Gasteiger partial charge in [-0.2, -0.15) is 5.10 Å². The molecule has 7 nitrogen and oxygen atoms in total. The Labute approximate surface area is 147 Å². The molecule has 0 bridgehead atoms. The highest BCUT2D eigenvalue weighted by Gasteiger charge is 2.28. The molecule has 1 aliphatic carbocycles. The van der Waals surface area contributed by atoms with Crippen molar-refractivity contribution in [1.29, 1.82) is 0 Å². The van der Waals surface area contributed by atoms with Crippen molar-refractivity contribution in [3.05, 3.63) is 46.8 Å². The van der Waals surface area contributed by atoms with Gasteiger partial charge in [0.2, 0.25) is 10.0 Å². The first-order valence-electron chi connectivity index (χ1n) is 8.13. The van der Waals surface area contributed by atoms with Gasteiger partial charge < -0.3 is 5.32 Å². The number of nitrogens with one attached hydrogen (secondary N) is 2. The van der Waals surface area contributed by atoms with Crippen LogP contribution in [0.2, 0.25) is 0 Å². The largest absolute Gasteiger partial charge is 0.347 e. The maximum Gasteiger partial charge on any atom is 0.269 e. The van der Waals surface area contributed by atoms with E-state index < -0.39 is 10.0 Å². The van der Waals surface area contributed by atoms with Crippen molar-refractivity contribution < 1.29 is 13.2 Å². The summed E-state index contributed by atoms with van der Waals surface area (Å²) >= 11 is 0. The van der Waals surface area contributed by atoms with E-state index in [1.807, 2.05) is 19.1 Å². The predicted octanol–water partition coefficient (Wildman–Crippen LogP) is 1.91. The summed E-state index contributed by atoms with van der Waals surface area (Å²) in [7, 11) is -1.58. The number of anilines is 1. The average molecular weight is 362 g/mol. The first-order valence-corrected chi connectivity index (χ1v) is 10.0. The minimum absolute atomic E-state index is 0.192. The molecule has 25 heavy (non-hydrogen) atoms. The van der Waals surface area contributed by atoms with Gasteiger partial charge in [-0.15, -0.1) is 0 Å². The topological polar surface area (TPSA) is 93.1 Å². The van der Waals surface area contributed by atoms with Crippen LogP contribution in [0, 0.1) is 6.92 Å². The van der Waals surface area contributed by atoms with Crippen LogP contribution < -0.4 is 10.0 Å². The highest BCUT2D eigenvalue weighted by Crippen LogP contribution is 2.39. The number of amides is 1. The molecule has 1 saturated carbocycles. The van der Waals surface area contributed by atoms with Crippen molar-refractivity contribution in [2.45, 2.75) is 32.2 Å². The van der Waals surface area contributed by atoms with Gasteiger partial charge >= 0.3 is 0 Å². The number of benzene rings is 1. The van der Waals surface area contributed by atoms with Gasteiger partial charge in [-0.25, -0.2) is 8.42 Å². The monoisotopic (exact) mass is 362 g/mol. The van der Waals surface area contributed by atoms with Gasteiger partial charge in [0.15, 0.2) is 0 Å². The number of hydrogen-bond acceptors (Lipinski definition) is 4. The van der Waals surface area contributed by atoms with Crippen molar-refractivity contribution in [1.82, 2.24) is 15.1 Å². The third-order valence-corrected chi connectivity index (χ3v) is 4.90. The molecule has 1 amide bonds. The lowest BCUT2D eigenvalue weighted by Crippen LogP contribution is -2.25. The summed E-state index contributed by atoms with van der Waals surface area (Å²) in [5, 5.41) is 7.28. The molecule has 1 heterocycles. The zero-order valence-corrected chi connectivity index (χ0v) is 15.4. The number of carbonyl (C=O) groups is 1. The number of aryl methyl sites for hydroxylation is 1. The molecular weight excluding hydrogens is 340 g/mol. The molecule has 1 fully saturated rings. The third kappa shape index (κ3) is 4.19. The Hall–Kier alpha value is -2.35. The van der Waals surface area contributed by atoms with Crippen molar-refractivity contribution >= 4 is 21.6 Å². The fourth-order valence-corrected chi connectivity index (χ4v) is 3.35. The van der Waals surface area contributed by atoms with Crippen LogP contribution in [-0.2, 0) is 23.6 Å². The Morgan fingerprint density at radius 3 is 2.72 bits per heavy atom. The number of carbonyl (C=O) groups excluding carboxylic acids is 1. The second kappa shape index (κ2) is 6.51. The second-order valence-corrected chi connectivity index (χ2v) is 8.25. The summed E-state index contributed by atoms with van der Waals surface area (Å²) in [5.74, 6) is 0.302. The Balaban J connectivity index is 1.71. The van der Waals surface area contributed by atoms with E-state index in [4.69, 9.17) is 0 Å². The lowest BCUT2D eigenvalue weighted by atomic mass is 10.1. The first-order chi connectivity index (χ1) is 11.7. The smallest absolute Gasteiger partial charge is 0.269 e. The lowest BCUT2D eigenvalue weighted by molar-refractivity contribution is 0.0941. The molecule has 134 valence electrons. The third-order valence-electron chi connectivity index (χ3n) is 4.31. The van der Waals surface area contributed by atoms with Gasteiger partial charge in [0.05, 0.1) is 17.6 Å². The van der Waals surface area contributed by atoms with E-state index in [0.717, 1.165) is 35.9 Å². The second-order valence-electron chi connectivity index (χ2n) is 6.50. The van der Waals surface area contributed by atoms with Crippen molar-refractivity contribution in [3.8, 4) is 0 Å². The number of nitrogens with zero attached hydrogens (tertiary/aromatic N) is 2. The van der Waals surface area contributed by atoms with Crippen molar-refractivity contribution in [2.24, 2.45) is 7.05 Å². The van der Waals surface area contributed by atoms with Gasteiger partial charge in [0.25, 0.3) is 5.91 Å². The van der Waals surface area contributed by atoms with Crippen molar-refractivity contribution in [3.63, 3.8) is 0 Å². The minimum atomic E-state index is -3.34. The Morgan fingerprint density at radius 2 is 2.08 bits per heavy atom. The van der Waals surface area contributed by atoms with Crippen LogP contribution in [0.3, 0.4) is 0 Å². The maximum atomic E-state index is 12.4. The summed E-state index contributed by atoms with van der Waals surface area (Å²) < 4.78 is 26.9. The summed E-state index contributed by atoms with van der Waals surface area (Å²) in [6.07, 6.45) is 3.38. The fourth-order valence-electron chi connectivity index (χ4n) is 2.73. The van der Waals surface area contributed by atoms with E-state index in [2.05, 4.69) is 15.1 Å². The van der Waals surface area contributed by atoms with Crippen LogP contribution >= 0.6 is 0 Å². The molecule has 0 saturated heterocycles. The van der Waals surface area contributed by atoms with Gasteiger partial charge in [-0.1, -0.05) is 12.1 Å². The van der Waals surface area contributed by atoms with Gasteiger partial charge in [-0.05, 0) is 43.0 Å². The molecule has 0 spiro atoms. The Morgan fingerprint density at radius 1 is 1.36 bits per heavy atom. The molecule has 8 heteroatoms. The van der Waals surface area contributed by atoms with E-state index in [1.54, 1.807) is 23.9 Å². The van der Waals surface area contributed by atoms with Crippen LogP contribution in [-0.4, -0.2) is 30.4 Å². The number of hydrogen-bond donors (Lipinski definition) is 2. The van der Waals surface area contributed by atoms with E-state index >= 15 is 0 Å². The van der Waals surface area contributed by atoms with Crippen LogP contribution in [0.15, 0.2) is 24.3 Å². The summed E-state index contributed by atoms with van der Waals surface area (Å²) in [5.41, 5.74) is 3.67. The SMILES string of the molecule is Cc1c(CNC(=O)c2cc(C3CC3)nn2C)cccc1NS(C)(=O)=O. The van der Waals surface area contributed by atoms with Gasteiger partial charge in [0, 0.05) is 19.5 Å². The number of rotatable bonds is 6. The molecule has 0 aliphatic heterocycles. The van der Waals surface area contributed by atoms with Crippen LogP contribution in [0.25, 0.3) is 0 Å². The predicted molar refractivity (Wildman–Crippen MR) is 96.0 cm³/mol. The Bertz CT molecular complexity index is 914. The minimum Gasteiger partial charge on any atom is -0.347 e. The van der Waals surface area contributed by atoms with E-state index in [1.165, 1.54) is 0 Å². The van der Waals surface area contributed by atoms with Crippen molar-refractivity contribution in [2.75, 3.05) is 11.0 Å². The average Bonchev–Trinajstić information content (AvgIpc) is 3.29. The molecule has 2 aromatic rings. The first kappa shape index (κ1) is 17.5. The van der Waals surface area contributed by atoms with E-state index in [-0.39, 0.29) is 5.91 Å². The normalized spacial score (nSPS) is 14.4. The fraction of sp³-hybridized carbons (Fsp3) is 0.412. The summed E-state index contributed by atoms with van der Waals surface area (Å²) in [4.78, 5) is 12.4. The maximum absolute atomic E-state index is 12.4. The Kier molecular flexibility index (Phi) is 4.55. The zero-order valence-electron chi connectivity index (χ0n) is 14.5. The van der Waals surface area contributed by atoms with Gasteiger partial charge in [0.1, 0.15) is 5.69 Å². The molecular formula is C17H22N4O3S. The molecule has 3 rings (SSSR count).